The van der Waals surface area contributed by atoms with E-state index in [0.717, 1.165) is 16.7 Å². The van der Waals surface area contributed by atoms with Gasteiger partial charge in [-0.15, -0.1) is 0 Å². The van der Waals surface area contributed by atoms with E-state index < -0.39 is 0 Å². The molecule has 3 aromatic rings. The standard InChI is InChI=1S/C18H19N3O3/c1-12-16(13(2)24-21-12)18(22)20-10-5-11-23-15-8-3-6-14-7-4-9-19-17(14)15/h3-4,6-9H,5,10-11H2,1-2H3,(H,20,22). The monoisotopic (exact) mass is 325 g/mol. The molecule has 0 bridgehead atoms. The van der Waals surface area contributed by atoms with Crippen LogP contribution in [0.15, 0.2) is 41.1 Å². The fraction of sp³-hybridized carbons (Fsp3) is 0.278. The van der Waals surface area contributed by atoms with Crippen LogP contribution in [-0.2, 0) is 0 Å². The van der Waals surface area contributed by atoms with Crippen LogP contribution < -0.4 is 10.1 Å². The number of carbonyl (C=O) groups excluding carboxylic acids is 1. The number of fused-ring (bicyclic) bond motifs is 1. The number of carbonyl (C=O) groups is 1. The summed E-state index contributed by atoms with van der Waals surface area (Å²) < 4.78 is 10.8. The van der Waals surface area contributed by atoms with Crippen molar-refractivity contribution in [1.82, 2.24) is 15.5 Å². The number of hydrogen-bond acceptors (Lipinski definition) is 5. The molecule has 0 atom stereocenters. The molecule has 0 spiro atoms. The van der Waals surface area contributed by atoms with Gasteiger partial charge in [0.25, 0.3) is 5.91 Å². The quantitative estimate of drug-likeness (QED) is 0.705. The predicted molar refractivity (Wildman–Crippen MR) is 90.2 cm³/mol. The van der Waals surface area contributed by atoms with E-state index in [1.807, 2.05) is 30.3 Å². The maximum atomic E-state index is 12.1. The number of hydrogen-bond donors (Lipinski definition) is 1. The molecule has 0 unspecified atom stereocenters. The van der Waals surface area contributed by atoms with Crippen LogP contribution in [-0.4, -0.2) is 29.2 Å². The molecule has 24 heavy (non-hydrogen) atoms. The van der Waals surface area contributed by atoms with Gasteiger partial charge in [0.2, 0.25) is 0 Å². The van der Waals surface area contributed by atoms with Crippen LogP contribution in [0.3, 0.4) is 0 Å². The third kappa shape index (κ3) is 3.37. The molecule has 0 aliphatic rings. The first-order valence-corrected chi connectivity index (χ1v) is 7.84. The minimum atomic E-state index is -0.168. The summed E-state index contributed by atoms with van der Waals surface area (Å²) in [7, 11) is 0. The number of rotatable bonds is 6. The number of pyridine rings is 1. The number of benzene rings is 1. The molecule has 6 heteroatoms. The summed E-state index contributed by atoms with van der Waals surface area (Å²) in [5, 5.41) is 7.68. The number of nitrogens with zero attached hydrogens (tertiary/aromatic N) is 2. The Kier molecular flexibility index (Phi) is 4.74. The zero-order valence-corrected chi connectivity index (χ0v) is 13.7. The van der Waals surface area contributed by atoms with E-state index in [4.69, 9.17) is 9.26 Å². The molecule has 6 nitrogen and oxygen atoms in total. The van der Waals surface area contributed by atoms with Crippen molar-refractivity contribution in [3.05, 3.63) is 53.5 Å². The Balaban J connectivity index is 1.50. The highest BCUT2D eigenvalue weighted by molar-refractivity contribution is 5.96. The molecule has 0 saturated heterocycles. The Bertz CT molecular complexity index is 833. The summed E-state index contributed by atoms with van der Waals surface area (Å²) in [4.78, 5) is 16.4. The number of aromatic nitrogens is 2. The minimum Gasteiger partial charge on any atom is -0.491 e. The van der Waals surface area contributed by atoms with Crippen molar-refractivity contribution in [1.29, 1.82) is 0 Å². The van der Waals surface area contributed by atoms with Crippen LogP contribution >= 0.6 is 0 Å². The van der Waals surface area contributed by atoms with E-state index in [-0.39, 0.29) is 5.91 Å². The third-order valence-corrected chi connectivity index (χ3v) is 3.72. The van der Waals surface area contributed by atoms with Crippen LogP contribution in [0.2, 0.25) is 0 Å². The van der Waals surface area contributed by atoms with Crippen LogP contribution in [0.25, 0.3) is 10.9 Å². The van der Waals surface area contributed by atoms with Gasteiger partial charge in [-0.3, -0.25) is 9.78 Å². The molecule has 0 aliphatic heterocycles. The molecule has 124 valence electrons. The van der Waals surface area contributed by atoms with Crippen molar-refractivity contribution in [2.45, 2.75) is 20.3 Å². The lowest BCUT2D eigenvalue weighted by atomic mass is 10.2. The first kappa shape index (κ1) is 16.0. The number of ether oxygens (including phenoxy) is 1. The van der Waals surface area contributed by atoms with E-state index in [1.165, 1.54) is 0 Å². The molecule has 0 aliphatic carbocycles. The highest BCUT2D eigenvalue weighted by atomic mass is 16.5. The Morgan fingerprint density at radius 3 is 2.88 bits per heavy atom. The second-order valence-corrected chi connectivity index (χ2v) is 5.49. The molecule has 0 fully saturated rings. The second-order valence-electron chi connectivity index (χ2n) is 5.49. The lowest BCUT2D eigenvalue weighted by molar-refractivity contribution is 0.0949. The van der Waals surface area contributed by atoms with Crippen LogP contribution in [0, 0.1) is 13.8 Å². The fourth-order valence-corrected chi connectivity index (χ4v) is 2.54. The lowest BCUT2D eigenvalue weighted by Crippen LogP contribution is -2.26. The van der Waals surface area contributed by atoms with Crippen molar-refractivity contribution in [3.8, 4) is 5.75 Å². The van der Waals surface area contributed by atoms with E-state index in [9.17, 15) is 4.79 Å². The molecule has 1 amide bonds. The van der Waals surface area contributed by atoms with Crippen molar-refractivity contribution >= 4 is 16.8 Å². The number of aryl methyl sites for hydroxylation is 2. The maximum absolute atomic E-state index is 12.1. The molecule has 2 aromatic heterocycles. The average Bonchev–Trinajstić information content (AvgIpc) is 2.93. The minimum absolute atomic E-state index is 0.168. The summed E-state index contributed by atoms with van der Waals surface area (Å²) in [6, 6.07) is 9.74. The van der Waals surface area contributed by atoms with Gasteiger partial charge >= 0.3 is 0 Å². The van der Waals surface area contributed by atoms with E-state index in [2.05, 4.69) is 15.5 Å². The highest BCUT2D eigenvalue weighted by Crippen LogP contribution is 2.22. The molecular weight excluding hydrogens is 306 g/mol. The molecule has 1 N–H and O–H groups in total. The van der Waals surface area contributed by atoms with Gasteiger partial charge in [-0.2, -0.15) is 0 Å². The second kappa shape index (κ2) is 7.12. The van der Waals surface area contributed by atoms with Crippen LogP contribution in [0.5, 0.6) is 5.75 Å². The van der Waals surface area contributed by atoms with Gasteiger partial charge < -0.3 is 14.6 Å². The van der Waals surface area contributed by atoms with Gasteiger partial charge in [0.15, 0.2) is 0 Å². The SMILES string of the molecule is Cc1noc(C)c1C(=O)NCCCOc1cccc2cccnc12. The van der Waals surface area contributed by atoms with Crippen LogP contribution in [0.1, 0.15) is 28.2 Å². The summed E-state index contributed by atoms with van der Waals surface area (Å²) in [6.45, 7) is 4.49. The Hall–Kier alpha value is -2.89. The average molecular weight is 325 g/mol. The molecular formula is C18H19N3O3. The molecule has 0 radical (unpaired) electrons. The third-order valence-electron chi connectivity index (χ3n) is 3.72. The normalized spacial score (nSPS) is 10.8. The maximum Gasteiger partial charge on any atom is 0.256 e. The number of amides is 1. The van der Waals surface area contributed by atoms with Gasteiger partial charge in [-0.1, -0.05) is 23.4 Å². The van der Waals surface area contributed by atoms with E-state index in [0.29, 0.717) is 36.6 Å². The first-order chi connectivity index (χ1) is 11.7. The summed E-state index contributed by atoms with van der Waals surface area (Å²) >= 11 is 0. The first-order valence-electron chi connectivity index (χ1n) is 7.84. The number of nitrogens with one attached hydrogen (secondary N) is 1. The summed E-state index contributed by atoms with van der Waals surface area (Å²) in [5.41, 5.74) is 1.96. The van der Waals surface area contributed by atoms with Gasteiger partial charge in [0, 0.05) is 18.1 Å². The van der Waals surface area contributed by atoms with Crippen molar-refractivity contribution in [2.24, 2.45) is 0 Å². The molecule has 0 saturated carbocycles. The van der Waals surface area contributed by atoms with Crippen molar-refractivity contribution in [3.63, 3.8) is 0 Å². The predicted octanol–water partition coefficient (Wildman–Crippen LogP) is 3.04. The topological polar surface area (TPSA) is 77.2 Å². The zero-order valence-electron chi connectivity index (χ0n) is 13.7. The summed E-state index contributed by atoms with van der Waals surface area (Å²) in [6.07, 6.45) is 2.44. The molecule has 1 aromatic carbocycles. The smallest absolute Gasteiger partial charge is 0.256 e. The van der Waals surface area contributed by atoms with E-state index >= 15 is 0 Å². The van der Waals surface area contributed by atoms with Crippen LogP contribution in [0.4, 0.5) is 0 Å². The van der Waals surface area contributed by atoms with Gasteiger partial charge in [-0.25, -0.2) is 0 Å². The van der Waals surface area contributed by atoms with Crippen molar-refractivity contribution in [2.75, 3.05) is 13.2 Å². The molecule has 2 heterocycles. The molecule has 3 rings (SSSR count). The van der Waals surface area contributed by atoms with E-state index in [1.54, 1.807) is 20.0 Å². The zero-order chi connectivity index (χ0) is 16.9. The van der Waals surface area contributed by atoms with Crippen molar-refractivity contribution < 1.29 is 14.1 Å². The largest absolute Gasteiger partial charge is 0.491 e. The fourth-order valence-electron chi connectivity index (χ4n) is 2.54. The van der Waals surface area contributed by atoms with Gasteiger partial charge in [-0.05, 0) is 32.4 Å². The Morgan fingerprint density at radius 2 is 2.08 bits per heavy atom. The van der Waals surface area contributed by atoms with Gasteiger partial charge in [0.1, 0.15) is 22.6 Å². The van der Waals surface area contributed by atoms with Gasteiger partial charge in [0.05, 0.1) is 12.3 Å². The summed E-state index contributed by atoms with van der Waals surface area (Å²) in [5.74, 6) is 1.12. The number of para-hydroxylation sites is 1. The Morgan fingerprint density at radius 1 is 1.25 bits per heavy atom. The lowest BCUT2D eigenvalue weighted by Gasteiger charge is -2.09. The Labute approximate surface area is 139 Å². The highest BCUT2D eigenvalue weighted by Gasteiger charge is 2.16.